The van der Waals surface area contributed by atoms with E-state index in [2.05, 4.69) is 15.7 Å². The second kappa shape index (κ2) is 6.46. The number of hydrogen-bond acceptors (Lipinski definition) is 3. The first-order valence-electron chi connectivity index (χ1n) is 7.14. The number of aromatic nitrogens is 1. The molecule has 1 aromatic heterocycles. The molecule has 1 aliphatic rings. The van der Waals surface area contributed by atoms with Gasteiger partial charge in [-0.25, -0.2) is 9.37 Å². The molecule has 4 heteroatoms. The van der Waals surface area contributed by atoms with Crippen molar-refractivity contribution in [1.82, 2.24) is 10.3 Å². The van der Waals surface area contributed by atoms with Crippen LogP contribution in [0.15, 0.2) is 35.2 Å². The lowest BCUT2D eigenvalue weighted by Crippen LogP contribution is -2.27. The van der Waals surface area contributed by atoms with Gasteiger partial charge in [0.2, 0.25) is 0 Å². The van der Waals surface area contributed by atoms with Crippen molar-refractivity contribution in [3.63, 3.8) is 0 Å². The Bertz CT molecular complexity index is 537. The van der Waals surface area contributed by atoms with Crippen molar-refractivity contribution < 1.29 is 4.39 Å². The van der Waals surface area contributed by atoms with Crippen molar-refractivity contribution in [2.45, 2.75) is 31.7 Å². The van der Waals surface area contributed by atoms with E-state index in [4.69, 9.17) is 0 Å². The van der Waals surface area contributed by atoms with Crippen LogP contribution in [0.5, 0.6) is 0 Å². The van der Waals surface area contributed by atoms with E-state index >= 15 is 0 Å². The minimum absolute atomic E-state index is 0.148. The SMILES string of the molecule is Fc1cccc(CC(CNC2CC2)Cc2cscn2)c1. The van der Waals surface area contributed by atoms with Gasteiger partial charge in [0.25, 0.3) is 0 Å². The molecule has 1 aromatic carbocycles. The van der Waals surface area contributed by atoms with Crippen molar-refractivity contribution in [3.05, 3.63) is 52.2 Å². The van der Waals surface area contributed by atoms with Crippen LogP contribution in [0.2, 0.25) is 0 Å². The Morgan fingerprint density at radius 1 is 1.35 bits per heavy atom. The fourth-order valence-corrected chi connectivity index (χ4v) is 3.04. The van der Waals surface area contributed by atoms with Crippen molar-refractivity contribution in [2.75, 3.05) is 6.54 Å². The summed E-state index contributed by atoms with van der Waals surface area (Å²) in [6, 6.07) is 7.65. The number of hydrogen-bond donors (Lipinski definition) is 1. The minimum atomic E-state index is -0.148. The van der Waals surface area contributed by atoms with E-state index in [0.29, 0.717) is 12.0 Å². The third-order valence-corrected chi connectivity index (χ3v) is 4.30. The van der Waals surface area contributed by atoms with Crippen LogP contribution in [-0.4, -0.2) is 17.6 Å². The number of nitrogens with one attached hydrogen (secondary N) is 1. The number of halogens is 1. The van der Waals surface area contributed by atoms with Crippen molar-refractivity contribution in [2.24, 2.45) is 5.92 Å². The molecule has 2 aromatic rings. The molecule has 1 heterocycles. The van der Waals surface area contributed by atoms with Gasteiger partial charge < -0.3 is 5.32 Å². The molecule has 1 N–H and O–H groups in total. The van der Waals surface area contributed by atoms with Crippen molar-refractivity contribution >= 4 is 11.3 Å². The number of rotatable bonds is 7. The molecule has 2 nitrogen and oxygen atoms in total. The first-order valence-corrected chi connectivity index (χ1v) is 8.09. The fourth-order valence-electron chi connectivity index (χ4n) is 2.47. The highest BCUT2D eigenvalue weighted by atomic mass is 32.1. The largest absolute Gasteiger partial charge is 0.314 e. The molecule has 1 fully saturated rings. The van der Waals surface area contributed by atoms with Gasteiger partial charge in [-0.3, -0.25) is 0 Å². The number of benzene rings is 1. The summed E-state index contributed by atoms with van der Waals surface area (Å²) < 4.78 is 13.3. The van der Waals surface area contributed by atoms with Gasteiger partial charge in [-0.1, -0.05) is 12.1 Å². The third kappa shape index (κ3) is 4.12. The van der Waals surface area contributed by atoms with Crippen LogP contribution in [0.4, 0.5) is 4.39 Å². The maximum atomic E-state index is 13.3. The average Bonchev–Trinajstić information content (AvgIpc) is 3.12. The maximum Gasteiger partial charge on any atom is 0.123 e. The molecule has 20 heavy (non-hydrogen) atoms. The summed E-state index contributed by atoms with van der Waals surface area (Å²) in [5, 5.41) is 5.69. The maximum absolute atomic E-state index is 13.3. The molecule has 0 aliphatic heterocycles. The quantitative estimate of drug-likeness (QED) is 0.845. The van der Waals surface area contributed by atoms with Gasteiger partial charge in [-0.05, 0) is 55.8 Å². The van der Waals surface area contributed by atoms with Crippen LogP contribution in [0.3, 0.4) is 0 Å². The smallest absolute Gasteiger partial charge is 0.123 e. The summed E-state index contributed by atoms with van der Waals surface area (Å²) >= 11 is 1.64. The highest BCUT2D eigenvalue weighted by molar-refractivity contribution is 7.07. The molecular weight excluding hydrogens is 271 g/mol. The predicted molar refractivity (Wildman–Crippen MR) is 80.4 cm³/mol. The van der Waals surface area contributed by atoms with E-state index in [1.807, 2.05) is 11.6 Å². The van der Waals surface area contributed by atoms with Crippen molar-refractivity contribution in [3.8, 4) is 0 Å². The molecule has 0 spiro atoms. The summed E-state index contributed by atoms with van der Waals surface area (Å²) in [6.45, 7) is 0.985. The first kappa shape index (κ1) is 13.7. The monoisotopic (exact) mass is 290 g/mol. The normalized spacial score (nSPS) is 16.2. The van der Waals surface area contributed by atoms with E-state index in [0.717, 1.165) is 30.6 Å². The Hall–Kier alpha value is -1.26. The predicted octanol–water partition coefficient (Wildman–Crippen LogP) is 3.44. The van der Waals surface area contributed by atoms with Gasteiger partial charge >= 0.3 is 0 Å². The van der Waals surface area contributed by atoms with E-state index in [1.54, 1.807) is 23.5 Å². The topological polar surface area (TPSA) is 24.9 Å². The van der Waals surface area contributed by atoms with Gasteiger partial charge in [0.05, 0.1) is 11.2 Å². The van der Waals surface area contributed by atoms with Crippen LogP contribution in [-0.2, 0) is 12.8 Å². The molecular formula is C16H19FN2S. The highest BCUT2D eigenvalue weighted by Crippen LogP contribution is 2.21. The molecule has 0 amide bonds. The molecule has 1 unspecified atom stereocenters. The third-order valence-electron chi connectivity index (χ3n) is 3.67. The summed E-state index contributed by atoms with van der Waals surface area (Å²) in [6.07, 6.45) is 4.45. The zero-order valence-electron chi connectivity index (χ0n) is 11.4. The molecule has 0 radical (unpaired) electrons. The minimum Gasteiger partial charge on any atom is -0.314 e. The zero-order chi connectivity index (χ0) is 13.8. The second-order valence-corrected chi connectivity index (χ2v) is 6.29. The van der Waals surface area contributed by atoms with Gasteiger partial charge in [-0.2, -0.15) is 0 Å². The Morgan fingerprint density at radius 2 is 2.25 bits per heavy atom. The van der Waals surface area contributed by atoms with E-state index < -0.39 is 0 Å². The number of nitrogens with zero attached hydrogens (tertiary/aromatic N) is 1. The van der Waals surface area contributed by atoms with Gasteiger partial charge in [-0.15, -0.1) is 11.3 Å². The molecule has 1 saturated carbocycles. The van der Waals surface area contributed by atoms with E-state index in [-0.39, 0.29) is 5.82 Å². The van der Waals surface area contributed by atoms with Gasteiger partial charge in [0.15, 0.2) is 0 Å². The van der Waals surface area contributed by atoms with Crippen LogP contribution < -0.4 is 5.32 Å². The average molecular weight is 290 g/mol. The fraction of sp³-hybridized carbons (Fsp3) is 0.438. The van der Waals surface area contributed by atoms with Gasteiger partial charge in [0.1, 0.15) is 5.82 Å². The standard InChI is InChI=1S/C16H19FN2S/c17-14-3-1-2-12(7-14)6-13(9-18-15-4-5-15)8-16-10-20-11-19-16/h1-3,7,10-11,13,15,18H,4-6,8-9H2. The van der Waals surface area contributed by atoms with E-state index in [1.165, 1.54) is 18.9 Å². The summed E-state index contributed by atoms with van der Waals surface area (Å²) in [4.78, 5) is 4.37. The highest BCUT2D eigenvalue weighted by Gasteiger charge is 2.22. The first-order chi connectivity index (χ1) is 9.79. The lowest BCUT2D eigenvalue weighted by molar-refractivity contribution is 0.464. The van der Waals surface area contributed by atoms with Crippen LogP contribution in [0.1, 0.15) is 24.1 Å². The Morgan fingerprint density at radius 3 is 2.95 bits per heavy atom. The van der Waals surface area contributed by atoms with E-state index in [9.17, 15) is 4.39 Å². The van der Waals surface area contributed by atoms with Crippen LogP contribution >= 0.6 is 11.3 Å². The van der Waals surface area contributed by atoms with Crippen molar-refractivity contribution in [1.29, 1.82) is 0 Å². The Labute approximate surface area is 123 Å². The zero-order valence-corrected chi connectivity index (χ0v) is 12.2. The summed E-state index contributed by atoms with van der Waals surface area (Å²) in [5.74, 6) is 0.324. The summed E-state index contributed by atoms with van der Waals surface area (Å²) in [7, 11) is 0. The van der Waals surface area contributed by atoms with Crippen LogP contribution in [0, 0.1) is 11.7 Å². The molecule has 0 bridgehead atoms. The molecule has 106 valence electrons. The lowest BCUT2D eigenvalue weighted by atomic mass is 9.95. The molecule has 0 saturated heterocycles. The van der Waals surface area contributed by atoms with Crippen LogP contribution in [0.25, 0.3) is 0 Å². The Kier molecular flexibility index (Phi) is 4.43. The van der Waals surface area contributed by atoms with Gasteiger partial charge in [0, 0.05) is 11.4 Å². The number of thiazole rings is 1. The molecule has 1 atom stereocenters. The molecule has 1 aliphatic carbocycles. The Balaban J connectivity index is 1.63. The molecule has 3 rings (SSSR count). The second-order valence-electron chi connectivity index (χ2n) is 5.57. The lowest BCUT2D eigenvalue weighted by Gasteiger charge is -2.17. The summed E-state index contributed by atoms with van der Waals surface area (Å²) in [5.41, 5.74) is 4.10.